The SMILES string of the molecule is CN1CCC[C@H]1/C=C/C(=O)N[C@H]1C[C@H](Oc2cc(-c3ccc(O)cc3)cc3[nH]ncc23)C1. The number of hydrogen-bond donors (Lipinski definition) is 3. The molecule has 32 heavy (non-hydrogen) atoms. The Morgan fingerprint density at radius 3 is 2.81 bits per heavy atom. The maximum absolute atomic E-state index is 12.3. The van der Waals surface area contributed by atoms with Gasteiger partial charge in [0.1, 0.15) is 17.6 Å². The van der Waals surface area contributed by atoms with Gasteiger partial charge in [-0.05, 0) is 61.8 Å². The summed E-state index contributed by atoms with van der Waals surface area (Å²) >= 11 is 0. The second-order valence-electron chi connectivity index (χ2n) is 8.82. The molecule has 5 rings (SSSR count). The quantitative estimate of drug-likeness (QED) is 0.518. The summed E-state index contributed by atoms with van der Waals surface area (Å²) in [4.78, 5) is 14.5. The average molecular weight is 433 g/mol. The fourth-order valence-corrected chi connectivity index (χ4v) is 4.52. The van der Waals surface area contributed by atoms with Gasteiger partial charge < -0.3 is 15.2 Å². The van der Waals surface area contributed by atoms with Crippen LogP contribution in [0.4, 0.5) is 0 Å². The molecular formula is C25H28N4O3. The Bertz CT molecular complexity index is 1130. The number of nitrogens with zero attached hydrogens (tertiary/aromatic N) is 2. The van der Waals surface area contributed by atoms with Gasteiger partial charge in [-0.2, -0.15) is 5.10 Å². The number of phenolic OH excluding ortho intramolecular Hbond substituents is 1. The summed E-state index contributed by atoms with van der Waals surface area (Å²) in [6, 6.07) is 11.6. The van der Waals surface area contributed by atoms with E-state index in [0.717, 1.165) is 53.6 Å². The van der Waals surface area contributed by atoms with Gasteiger partial charge in [-0.1, -0.05) is 18.2 Å². The van der Waals surface area contributed by atoms with Crippen LogP contribution in [0, 0.1) is 0 Å². The Labute approximate surface area is 187 Å². The fraction of sp³-hybridized carbons (Fsp3) is 0.360. The summed E-state index contributed by atoms with van der Waals surface area (Å²) in [5.41, 5.74) is 2.88. The Morgan fingerprint density at radius 2 is 2.06 bits per heavy atom. The lowest BCUT2D eigenvalue weighted by molar-refractivity contribution is -0.118. The zero-order chi connectivity index (χ0) is 22.1. The van der Waals surface area contributed by atoms with Crippen molar-refractivity contribution in [2.24, 2.45) is 0 Å². The van der Waals surface area contributed by atoms with Crippen LogP contribution >= 0.6 is 0 Å². The topological polar surface area (TPSA) is 90.5 Å². The van der Waals surface area contributed by atoms with E-state index in [-0.39, 0.29) is 23.8 Å². The molecular weight excluding hydrogens is 404 g/mol. The second-order valence-corrected chi connectivity index (χ2v) is 8.82. The van der Waals surface area contributed by atoms with Crippen molar-refractivity contribution in [1.82, 2.24) is 20.4 Å². The molecule has 7 heteroatoms. The summed E-state index contributed by atoms with van der Waals surface area (Å²) in [5.74, 6) is 0.985. The number of rotatable bonds is 6. The summed E-state index contributed by atoms with van der Waals surface area (Å²) in [5, 5.41) is 20.8. The highest BCUT2D eigenvalue weighted by molar-refractivity contribution is 5.90. The van der Waals surface area contributed by atoms with Crippen LogP contribution < -0.4 is 10.1 Å². The molecule has 1 saturated carbocycles. The molecule has 3 N–H and O–H groups in total. The Balaban J connectivity index is 1.20. The molecule has 0 radical (unpaired) electrons. The van der Waals surface area contributed by atoms with Crippen molar-refractivity contribution >= 4 is 16.8 Å². The normalized spacial score (nSPS) is 23.5. The van der Waals surface area contributed by atoms with Crippen molar-refractivity contribution in [2.45, 2.75) is 43.9 Å². The largest absolute Gasteiger partial charge is 0.508 e. The predicted molar refractivity (Wildman–Crippen MR) is 124 cm³/mol. The molecule has 1 atom stereocenters. The molecule has 0 unspecified atom stereocenters. The van der Waals surface area contributed by atoms with E-state index in [1.165, 1.54) is 6.42 Å². The molecule has 0 spiro atoms. The van der Waals surface area contributed by atoms with Gasteiger partial charge >= 0.3 is 0 Å². The van der Waals surface area contributed by atoms with Crippen LogP contribution in [0.1, 0.15) is 25.7 Å². The van der Waals surface area contributed by atoms with Crippen LogP contribution in [-0.4, -0.2) is 57.9 Å². The minimum atomic E-state index is -0.0275. The van der Waals surface area contributed by atoms with Crippen molar-refractivity contribution in [1.29, 1.82) is 0 Å². The number of benzene rings is 2. The molecule has 0 bridgehead atoms. The van der Waals surface area contributed by atoms with Crippen molar-refractivity contribution in [3.05, 3.63) is 54.7 Å². The van der Waals surface area contributed by atoms with E-state index < -0.39 is 0 Å². The van der Waals surface area contributed by atoms with Gasteiger partial charge in [-0.15, -0.1) is 0 Å². The number of carbonyl (C=O) groups is 1. The Kier molecular flexibility index (Phi) is 5.57. The number of nitrogens with one attached hydrogen (secondary N) is 2. The van der Waals surface area contributed by atoms with Crippen LogP contribution in [0.5, 0.6) is 11.5 Å². The lowest BCUT2D eigenvalue weighted by Crippen LogP contribution is -2.48. The minimum Gasteiger partial charge on any atom is -0.508 e. The van der Waals surface area contributed by atoms with Crippen molar-refractivity contribution < 1.29 is 14.6 Å². The third-order valence-electron chi connectivity index (χ3n) is 6.50. The smallest absolute Gasteiger partial charge is 0.243 e. The van der Waals surface area contributed by atoms with Crippen molar-refractivity contribution in [2.75, 3.05) is 13.6 Å². The summed E-state index contributed by atoms with van der Waals surface area (Å²) < 4.78 is 6.29. The number of aromatic amines is 1. The van der Waals surface area contributed by atoms with E-state index in [4.69, 9.17) is 4.74 Å². The van der Waals surface area contributed by atoms with Crippen LogP contribution in [0.25, 0.3) is 22.0 Å². The van der Waals surface area contributed by atoms with E-state index in [9.17, 15) is 9.90 Å². The summed E-state index contributed by atoms with van der Waals surface area (Å²) in [6.07, 6.45) is 9.39. The average Bonchev–Trinajstić information content (AvgIpc) is 3.39. The monoisotopic (exact) mass is 432 g/mol. The Morgan fingerprint density at radius 1 is 1.25 bits per heavy atom. The molecule has 1 aromatic heterocycles. The minimum absolute atomic E-state index is 0.0275. The maximum Gasteiger partial charge on any atom is 0.243 e. The van der Waals surface area contributed by atoms with Crippen molar-refractivity contribution in [3.8, 4) is 22.6 Å². The van der Waals surface area contributed by atoms with Gasteiger partial charge in [-0.3, -0.25) is 14.8 Å². The standard InChI is InChI=1S/C25H28N4O3/c1-29-10-2-3-19(29)6-9-25(31)27-18-13-21(14-18)32-24-12-17(11-23-22(24)15-26-28-23)16-4-7-20(30)8-5-16/h4-9,11-12,15,18-19,21,30H,2-3,10,13-14H2,1H3,(H,26,28)(H,27,31)/b9-6+/t18-,19-,21-/m0/s1. The molecule has 3 aromatic rings. The van der Waals surface area contributed by atoms with E-state index in [1.54, 1.807) is 24.4 Å². The maximum atomic E-state index is 12.3. The third-order valence-corrected chi connectivity index (χ3v) is 6.50. The highest BCUT2D eigenvalue weighted by atomic mass is 16.5. The van der Waals surface area contributed by atoms with Crippen LogP contribution in [0.2, 0.25) is 0 Å². The first kappa shape index (κ1) is 20.6. The number of hydrogen-bond acceptors (Lipinski definition) is 5. The first-order valence-corrected chi connectivity index (χ1v) is 11.2. The lowest BCUT2D eigenvalue weighted by atomic mass is 9.89. The highest BCUT2D eigenvalue weighted by Gasteiger charge is 2.32. The first-order valence-electron chi connectivity index (χ1n) is 11.2. The summed E-state index contributed by atoms with van der Waals surface area (Å²) in [6.45, 7) is 1.09. The zero-order valence-corrected chi connectivity index (χ0v) is 18.1. The number of carbonyl (C=O) groups excluding carboxylic acids is 1. The van der Waals surface area contributed by atoms with Crippen LogP contribution in [0.15, 0.2) is 54.7 Å². The highest BCUT2D eigenvalue weighted by Crippen LogP contribution is 2.35. The number of likely N-dealkylation sites (N-methyl/N-ethyl adjacent to an activating group) is 1. The Hall–Kier alpha value is -3.32. The molecule has 2 fully saturated rings. The van der Waals surface area contributed by atoms with Crippen LogP contribution in [-0.2, 0) is 4.79 Å². The fourth-order valence-electron chi connectivity index (χ4n) is 4.52. The van der Waals surface area contributed by atoms with E-state index in [1.807, 2.05) is 30.3 Å². The first-order chi connectivity index (χ1) is 15.5. The van der Waals surface area contributed by atoms with E-state index >= 15 is 0 Å². The van der Waals surface area contributed by atoms with E-state index in [0.29, 0.717) is 6.04 Å². The van der Waals surface area contributed by atoms with E-state index in [2.05, 4.69) is 27.5 Å². The van der Waals surface area contributed by atoms with Gasteiger partial charge in [0.2, 0.25) is 5.91 Å². The lowest BCUT2D eigenvalue weighted by Gasteiger charge is -2.35. The number of aromatic nitrogens is 2. The van der Waals surface area contributed by atoms with Gasteiger partial charge in [0.15, 0.2) is 0 Å². The number of ether oxygens (including phenoxy) is 1. The number of phenols is 1. The number of likely N-dealkylation sites (tertiary alicyclic amines) is 1. The van der Waals surface area contributed by atoms with Gasteiger partial charge in [0, 0.05) is 31.0 Å². The third kappa shape index (κ3) is 4.34. The number of H-pyrrole nitrogens is 1. The molecule has 1 aliphatic carbocycles. The molecule has 1 aliphatic heterocycles. The number of fused-ring (bicyclic) bond motifs is 1. The summed E-state index contributed by atoms with van der Waals surface area (Å²) in [7, 11) is 2.10. The molecule has 166 valence electrons. The number of amides is 1. The van der Waals surface area contributed by atoms with Crippen molar-refractivity contribution in [3.63, 3.8) is 0 Å². The predicted octanol–water partition coefficient (Wildman–Crippen LogP) is 3.61. The van der Waals surface area contributed by atoms with Gasteiger partial charge in [0.05, 0.1) is 17.1 Å². The molecule has 1 saturated heterocycles. The van der Waals surface area contributed by atoms with Gasteiger partial charge in [0.25, 0.3) is 0 Å². The molecule has 2 heterocycles. The second kappa shape index (κ2) is 8.67. The van der Waals surface area contributed by atoms with Gasteiger partial charge in [-0.25, -0.2) is 0 Å². The zero-order valence-electron chi connectivity index (χ0n) is 18.1. The molecule has 2 aliphatic rings. The molecule has 2 aromatic carbocycles. The molecule has 7 nitrogen and oxygen atoms in total. The molecule has 1 amide bonds. The number of aromatic hydroxyl groups is 1. The van der Waals surface area contributed by atoms with Crippen LogP contribution in [0.3, 0.4) is 0 Å².